The predicted octanol–water partition coefficient (Wildman–Crippen LogP) is 15.0. The quantitative estimate of drug-likeness (QED) is 0.0801. The van der Waals surface area contributed by atoms with Gasteiger partial charge in [0, 0.05) is 34.1 Å². The summed E-state index contributed by atoms with van der Waals surface area (Å²) in [5.41, 5.74) is 1.94. The van der Waals surface area contributed by atoms with E-state index in [4.69, 9.17) is 18.9 Å². The van der Waals surface area contributed by atoms with E-state index in [0.29, 0.717) is 46.3 Å². The first-order valence-electron chi connectivity index (χ1n) is 19.8. The summed E-state index contributed by atoms with van der Waals surface area (Å²) in [5.74, 6) is 2.67. The van der Waals surface area contributed by atoms with E-state index in [1.165, 1.54) is 12.2 Å². The summed E-state index contributed by atoms with van der Waals surface area (Å²) in [6, 6.07) is 44.5. The van der Waals surface area contributed by atoms with Crippen LogP contribution in [0.25, 0.3) is 24.3 Å². The lowest BCUT2D eigenvalue weighted by molar-refractivity contribution is -0.141. The summed E-state index contributed by atoms with van der Waals surface area (Å²) < 4.78 is 109. The van der Waals surface area contributed by atoms with Crippen molar-refractivity contribution in [1.29, 1.82) is 0 Å². The predicted molar refractivity (Wildman–Crippen MR) is 243 cm³/mol. The van der Waals surface area contributed by atoms with Crippen LogP contribution in [0.15, 0.2) is 158 Å². The Bertz CT molecular complexity index is 2410. The van der Waals surface area contributed by atoms with Crippen LogP contribution < -0.4 is 28.7 Å². The van der Waals surface area contributed by atoms with E-state index in [1.807, 2.05) is 107 Å². The van der Waals surface area contributed by atoms with E-state index < -0.39 is 34.6 Å². The highest BCUT2D eigenvalue weighted by atomic mass is 19.4. The average Bonchev–Trinajstić information content (AvgIpc) is 3.31. The number of methoxy groups -OCH3 is 4. The van der Waals surface area contributed by atoms with Crippen molar-refractivity contribution < 1.29 is 45.3 Å². The Labute approximate surface area is 367 Å². The molecule has 0 saturated carbocycles. The molecule has 7 aromatic rings. The number of alkyl halides is 6. The van der Waals surface area contributed by atoms with Crippen LogP contribution in [0.1, 0.15) is 33.4 Å². The Balaban J connectivity index is 1.18. The molecule has 0 amide bonds. The Hall–Kier alpha value is -7.60. The van der Waals surface area contributed by atoms with Gasteiger partial charge in [-0.2, -0.15) is 26.3 Å². The highest BCUT2D eigenvalue weighted by Crippen LogP contribution is 2.42. The standard InChI is InChI=1S/C52H42F6N2O4/c1-61-45-25-17-41(18-26-45)59(42-19-27-46(62-2)28-20-42)39-13-7-35(8-14-39)5-11-37-33-50(52(56,57)58)38(34-49(37)51(53,54)55)12-6-36-9-15-40(16-10-36)60(43-21-29-47(63-3)30-22-43)44-23-31-48(64-4)32-24-44/h5-34H,1-4H3. The van der Waals surface area contributed by atoms with Gasteiger partial charge in [0.25, 0.3) is 0 Å². The second kappa shape index (κ2) is 19.2. The molecule has 0 saturated heterocycles. The number of nitrogens with zero attached hydrogens (tertiary/aromatic N) is 2. The first-order chi connectivity index (χ1) is 30.8. The fourth-order valence-electron chi connectivity index (χ4n) is 7.06. The van der Waals surface area contributed by atoms with Crippen molar-refractivity contribution >= 4 is 58.4 Å². The molecule has 0 radical (unpaired) electrons. The topological polar surface area (TPSA) is 43.4 Å². The zero-order valence-corrected chi connectivity index (χ0v) is 35.1. The van der Waals surface area contributed by atoms with Crippen molar-refractivity contribution in [2.24, 2.45) is 0 Å². The van der Waals surface area contributed by atoms with E-state index in [2.05, 4.69) is 0 Å². The lowest BCUT2D eigenvalue weighted by atomic mass is 9.95. The number of rotatable bonds is 14. The zero-order chi connectivity index (χ0) is 45.4. The van der Waals surface area contributed by atoms with Gasteiger partial charge in [0.05, 0.1) is 39.6 Å². The fourth-order valence-corrected chi connectivity index (χ4v) is 7.06. The third-order valence-electron chi connectivity index (χ3n) is 10.4. The monoisotopic (exact) mass is 872 g/mol. The lowest BCUT2D eigenvalue weighted by Gasteiger charge is -2.26. The average molecular weight is 873 g/mol. The molecule has 0 unspecified atom stereocenters. The van der Waals surface area contributed by atoms with Crippen LogP contribution in [0.3, 0.4) is 0 Å². The van der Waals surface area contributed by atoms with Gasteiger partial charge >= 0.3 is 12.4 Å². The maximum absolute atomic E-state index is 14.6. The van der Waals surface area contributed by atoms with Crippen LogP contribution in [-0.4, -0.2) is 28.4 Å². The lowest BCUT2D eigenvalue weighted by Crippen LogP contribution is -2.13. The molecule has 0 heterocycles. The van der Waals surface area contributed by atoms with Gasteiger partial charge in [0.1, 0.15) is 23.0 Å². The van der Waals surface area contributed by atoms with Gasteiger partial charge in [-0.05, 0) is 156 Å². The first-order valence-corrected chi connectivity index (χ1v) is 19.8. The smallest absolute Gasteiger partial charge is 0.417 e. The maximum Gasteiger partial charge on any atom is 0.417 e. The highest BCUT2D eigenvalue weighted by molar-refractivity contribution is 5.82. The summed E-state index contributed by atoms with van der Waals surface area (Å²) in [5, 5.41) is 0. The Morgan fingerprint density at radius 2 is 0.547 bits per heavy atom. The van der Waals surface area contributed by atoms with Crippen LogP contribution >= 0.6 is 0 Å². The van der Waals surface area contributed by atoms with Crippen LogP contribution in [0.5, 0.6) is 23.0 Å². The molecule has 0 aliphatic rings. The zero-order valence-electron chi connectivity index (χ0n) is 35.1. The molecule has 7 aromatic carbocycles. The van der Waals surface area contributed by atoms with Gasteiger partial charge in [-0.1, -0.05) is 48.6 Å². The highest BCUT2D eigenvalue weighted by Gasteiger charge is 2.38. The molecule has 0 fully saturated rings. The molecule has 326 valence electrons. The summed E-state index contributed by atoms with van der Waals surface area (Å²) in [6.45, 7) is 0. The van der Waals surface area contributed by atoms with Crippen LogP contribution in [0.4, 0.5) is 60.5 Å². The van der Waals surface area contributed by atoms with Gasteiger partial charge in [-0.3, -0.25) is 0 Å². The molecule has 0 bridgehead atoms. The second-order valence-corrected chi connectivity index (χ2v) is 14.3. The Morgan fingerprint density at radius 1 is 0.328 bits per heavy atom. The molecule has 0 aliphatic carbocycles. The third kappa shape index (κ3) is 10.4. The van der Waals surface area contributed by atoms with Crippen LogP contribution in [-0.2, 0) is 12.4 Å². The summed E-state index contributed by atoms with van der Waals surface area (Å²) in [6.07, 6.45) is -5.08. The van der Waals surface area contributed by atoms with E-state index in [1.54, 1.807) is 77.0 Å². The molecule has 0 N–H and O–H groups in total. The minimum Gasteiger partial charge on any atom is -0.497 e. The number of anilines is 6. The summed E-state index contributed by atoms with van der Waals surface area (Å²) >= 11 is 0. The number of ether oxygens (including phenoxy) is 4. The van der Waals surface area contributed by atoms with E-state index in [-0.39, 0.29) is 0 Å². The molecule has 0 aliphatic heterocycles. The first kappa shape index (κ1) is 44.5. The fraction of sp³-hybridized carbons (Fsp3) is 0.115. The molecular formula is C52H42F6N2O4. The van der Waals surface area contributed by atoms with Gasteiger partial charge in [0.15, 0.2) is 0 Å². The van der Waals surface area contributed by atoms with Gasteiger partial charge in [-0.25, -0.2) is 0 Å². The minimum absolute atomic E-state index is 0.472. The van der Waals surface area contributed by atoms with Gasteiger partial charge in [0.2, 0.25) is 0 Å². The molecule has 12 heteroatoms. The molecule has 6 nitrogen and oxygen atoms in total. The largest absolute Gasteiger partial charge is 0.497 e. The second-order valence-electron chi connectivity index (χ2n) is 14.3. The molecular weight excluding hydrogens is 831 g/mol. The number of halogens is 6. The number of benzene rings is 7. The Kier molecular flexibility index (Phi) is 13.3. The van der Waals surface area contributed by atoms with Crippen molar-refractivity contribution in [2.45, 2.75) is 12.4 Å². The van der Waals surface area contributed by atoms with Crippen molar-refractivity contribution in [3.8, 4) is 23.0 Å². The van der Waals surface area contributed by atoms with E-state index >= 15 is 0 Å². The SMILES string of the molecule is COc1ccc(N(c2ccc(C=Cc3cc(C(F)(F)F)c(C=Cc4ccc(N(c5ccc(OC)cc5)c5ccc(OC)cc5)cc4)cc3C(F)(F)F)cc2)c2ccc(OC)cc2)cc1. The van der Waals surface area contributed by atoms with E-state index in [0.717, 1.165) is 46.3 Å². The normalized spacial score (nSPS) is 11.8. The molecule has 64 heavy (non-hydrogen) atoms. The van der Waals surface area contributed by atoms with Crippen LogP contribution in [0, 0.1) is 0 Å². The number of hydrogen-bond acceptors (Lipinski definition) is 6. The summed E-state index contributed by atoms with van der Waals surface area (Å²) in [7, 11) is 6.28. The molecule has 0 aromatic heterocycles. The van der Waals surface area contributed by atoms with Crippen molar-refractivity contribution in [3.05, 3.63) is 191 Å². The van der Waals surface area contributed by atoms with Gasteiger partial charge < -0.3 is 28.7 Å². The van der Waals surface area contributed by atoms with E-state index in [9.17, 15) is 26.3 Å². The van der Waals surface area contributed by atoms with Crippen molar-refractivity contribution in [2.75, 3.05) is 38.2 Å². The summed E-state index contributed by atoms with van der Waals surface area (Å²) in [4.78, 5) is 3.92. The molecule has 0 atom stereocenters. The Morgan fingerprint density at radius 3 is 0.750 bits per heavy atom. The molecule has 7 rings (SSSR count). The van der Waals surface area contributed by atoms with Crippen molar-refractivity contribution in [3.63, 3.8) is 0 Å². The maximum atomic E-state index is 14.6. The third-order valence-corrected chi connectivity index (χ3v) is 10.4. The number of hydrogen-bond donors (Lipinski definition) is 0. The van der Waals surface area contributed by atoms with Crippen molar-refractivity contribution in [1.82, 2.24) is 0 Å². The minimum atomic E-state index is -4.96. The molecule has 0 spiro atoms. The van der Waals surface area contributed by atoms with Gasteiger partial charge in [-0.15, -0.1) is 0 Å². The van der Waals surface area contributed by atoms with Crippen LogP contribution in [0.2, 0.25) is 0 Å².